The number of carbonyl (C=O) groups is 1. The van der Waals surface area contributed by atoms with Crippen LogP contribution in [0.25, 0.3) is 0 Å². The van der Waals surface area contributed by atoms with Gasteiger partial charge in [-0.05, 0) is 30.5 Å². The average molecular weight is 387 g/mol. The number of aromatic nitrogens is 1. The minimum absolute atomic E-state index is 0.0507. The molecule has 1 aliphatic carbocycles. The first-order valence-electron chi connectivity index (χ1n) is 7.90. The monoisotopic (exact) mass is 386 g/mol. The number of halogens is 3. The third-order valence-electron chi connectivity index (χ3n) is 4.63. The van der Waals surface area contributed by atoms with Crippen molar-refractivity contribution in [3.05, 3.63) is 52.6 Å². The van der Waals surface area contributed by atoms with Crippen molar-refractivity contribution in [2.75, 3.05) is 6.61 Å². The van der Waals surface area contributed by atoms with E-state index in [1.165, 1.54) is 24.5 Å². The van der Waals surface area contributed by atoms with Crippen LogP contribution in [-0.2, 0) is 0 Å². The summed E-state index contributed by atoms with van der Waals surface area (Å²) in [5.41, 5.74) is 0.887. The second-order valence-corrected chi connectivity index (χ2v) is 7.14. The van der Waals surface area contributed by atoms with Crippen LogP contribution < -0.4 is 5.32 Å². The molecule has 1 amide bonds. The Labute approximate surface area is 154 Å². The second-order valence-electron chi connectivity index (χ2n) is 6.17. The summed E-state index contributed by atoms with van der Waals surface area (Å²) in [5.74, 6) is -1.24. The Kier molecular flexibility index (Phi) is 5.61. The van der Waals surface area contributed by atoms with Crippen molar-refractivity contribution in [2.45, 2.75) is 30.2 Å². The molecule has 2 N–H and O–H groups in total. The fourth-order valence-corrected chi connectivity index (χ4v) is 3.86. The predicted molar refractivity (Wildman–Crippen MR) is 91.4 cm³/mol. The SMILES string of the molecule is O=C(N[C@@H]1CC(c2ccc(Cl)c(F)c2)C(Cl)C[C@@H]1CO)c1ccon1. The Bertz CT molecular complexity index is 741. The number of nitrogens with zero attached hydrogens (tertiary/aromatic N) is 1. The Morgan fingerprint density at radius 1 is 1.40 bits per heavy atom. The largest absolute Gasteiger partial charge is 0.396 e. The number of aliphatic hydroxyl groups is 1. The van der Waals surface area contributed by atoms with Crippen LogP contribution >= 0.6 is 23.2 Å². The summed E-state index contributed by atoms with van der Waals surface area (Å²) in [7, 11) is 0. The van der Waals surface area contributed by atoms with Gasteiger partial charge in [0.1, 0.15) is 12.1 Å². The lowest BCUT2D eigenvalue weighted by Gasteiger charge is -2.39. The van der Waals surface area contributed by atoms with Gasteiger partial charge in [-0.2, -0.15) is 0 Å². The zero-order chi connectivity index (χ0) is 18.0. The molecule has 2 unspecified atom stereocenters. The van der Waals surface area contributed by atoms with Crippen molar-refractivity contribution in [2.24, 2.45) is 5.92 Å². The number of alkyl halides is 1. The van der Waals surface area contributed by atoms with Gasteiger partial charge < -0.3 is 14.9 Å². The van der Waals surface area contributed by atoms with Gasteiger partial charge in [-0.15, -0.1) is 11.6 Å². The molecule has 3 rings (SSSR count). The Morgan fingerprint density at radius 2 is 2.20 bits per heavy atom. The van der Waals surface area contributed by atoms with E-state index in [9.17, 15) is 14.3 Å². The highest BCUT2D eigenvalue weighted by Gasteiger charge is 2.38. The van der Waals surface area contributed by atoms with Gasteiger partial charge in [0.2, 0.25) is 0 Å². The molecule has 4 atom stereocenters. The van der Waals surface area contributed by atoms with Gasteiger partial charge >= 0.3 is 0 Å². The highest BCUT2D eigenvalue weighted by Crippen LogP contribution is 2.40. The summed E-state index contributed by atoms with van der Waals surface area (Å²) >= 11 is 12.2. The molecule has 0 saturated heterocycles. The quantitative estimate of drug-likeness (QED) is 0.789. The lowest BCUT2D eigenvalue weighted by atomic mass is 9.75. The maximum absolute atomic E-state index is 13.8. The number of aliphatic hydroxyl groups excluding tert-OH is 1. The van der Waals surface area contributed by atoms with E-state index in [1.54, 1.807) is 6.07 Å². The van der Waals surface area contributed by atoms with Gasteiger partial charge in [0.15, 0.2) is 5.69 Å². The second kappa shape index (κ2) is 7.72. The lowest BCUT2D eigenvalue weighted by Crippen LogP contribution is -2.47. The van der Waals surface area contributed by atoms with E-state index in [1.807, 2.05) is 0 Å². The molecule has 0 radical (unpaired) electrons. The van der Waals surface area contributed by atoms with Crippen molar-refractivity contribution < 1.29 is 18.8 Å². The van der Waals surface area contributed by atoms with Crippen LogP contribution in [0, 0.1) is 11.7 Å². The smallest absolute Gasteiger partial charge is 0.273 e. The zero-order valence-electron chi connectivity index (χ0n) is 13.2. The number of carbonyl (C=O) groups excluding carboxylic acids is 1. The fourth-order valence-electron chi connectivity index (χ4n) is 3.27. The molecule has 8 heteroatoms. The molecule has 1 fully saturated rings. The van der Waals surface area contributed by atoms with Crippen LogP contribution in [0.1, 0.15) is 34.8 Å². The average Bonchev–Trinajstić information content (AvgIpc) is 3.13. The molecule has 5 nitrogen and oxygen atoms in total. The number of amides is 1. The molecule has 134 valence electrons. The van der Waals surface area contributed by atoms with Crippen molar-refractivity contribution in [1.82, 2.24) is 10.5 Å². The van der Waals surface area contributed by atoms with Crippen LogP contribution in [-0.4, -0.2) is 34.2 Å². The van der Waals surface area contributed by atoms with Gasteiger partial charge in [0.25, 0.3) is 5.91 Å². The molecule has 2 aromatic rings. The van der Waals surface area contributed by atoms with Crippen LogP contribution in [0.2, 0.25) is 5.02 Å². The molecule has 0 spiro atoms. The minimum Gasteiger partial charge on any atom is -0.396 e. The van der Waals surface area contributed by atoms with Crippen molar-refractivity contribution in [1.29, 1.82) is 0 Å². The number of hydrogen-bond acceptors (Lipinski definition) is 4. The Morgan fingerprint density at radius 3 is 2.84 bits per heavy atom. The fraction of sp³-hybridized carbons (Fsp3) is 0.412. The zero-order valence-corrected chi connectivity index (χ0v) is 14.7. The summed E-state index contributed by atoms with van der Waals surface area (Å²) in [6, 6.07) is 5.76. The van der Waals surface area contributed by atoms with Crippen LogP contribution in [0.15, 0.2) is 35.1 Å². The van der Waals surface area contributed by atoms with Crippen LogP contribution in [0.3, 0.4) is 0 Å². The summed E-state index contributed by atoms with van der Waals surface area (Å²) in [4.78, 5) is 12.2. The molecule has 1 heterocycles. The molecule has 1 saturated carbocycles. The Hall–Kier alpha value is -1.63. The first-order valence-corrected chi connectivity index (χ1v) is 8.72. The van der Waals surface area contributed by atoms with Gasteiger partial charge in [-0.25, -0.2) is 4.39 Å². The molecule has 1 aliphatic rings. The number of rotatable bonds is 4. The third-order valence-corrected chi connectivity index (χ3v) is 5.42. The standard InChI is InChI=1S/C17H17Cl2FN2O3/c18-12-2-1-9(6-14(12)20)11-7-16(10(8-23)5-13(11)19)21-17(24)15-3-4-25-22-15/h1-4,6,10-11,13,16,23H,5,7-8H2,(H,21,24)/t10-,11?,13?,16-/m1/s1. The van der Waals surface area contributed by atoms with Crippen molar-refractivity contribution in [3.8, 4) is 0 Å². The van der Waals surface area contributed by atoms with Gasteiger partial charge in [-0.3, -0.25) is 4.79 Å². The van der Waals surface area contributed by atoms with E-state index in [0.29, 0.717) is 12.8 Å². The molecule has 0 aliphatic heterocycles. The number of nitrogens with one attached hydrogen (secondary N) is 1. The summed E-state index contributed by atoms with van der Waals surface area (Å²) in [6.45, 7) is -0.102. The van der Waals surface area contributed by atoms with E-state index in [-0.39, 0.29) is 46.5 Å². The van der Waals surface area contributed by atoms with E-state index in [2.05, 4.69) is 15.0 Å². The maximum Gasteiger partial charge on any atom is 0.273 e. The van der Waals surface area contributed by atoms with Crippen molar-refractivity contribution in [3.63, 3.8) is 0 Å². The highest BCUT2D eigenvalue weighted by molar-refractivity contribution is 6.30. The molecule has 1 aromatic carbocycles. The predicted octanol–water partition coefficient (Wildman–Crippen LogP) is 3.36. The molecular formula is C17H17Cl2FN2O3. The summed E-state index contributed by atoms with van der Waals surface area (Å²) in [5, 5.41) is 15.9. The van der Waals surface area contributed by atoms with E-state index in [0.717, 1.165) is 5.56 Å². The van der Waals surface area contributed by atoms with Gasteiger partial charge in [-0.1, -0.05) is 22.8 Å². The number of benzene rings is 1. The van der Waals surface area contributed by atoms with Crippen LogP contribution in [0.5, 0.6) is 0 Å². The normalized spacial score (nSPS) is 26.4. The van der Waals surface area contributed by atoms with E-state index < -0.39 is 5.82 Å². The maximum atomic E-state index is 13.8. The molecule has 1 aromatic heterocycles. The van der Waals surface area contributed by atoms with Crippen molar-refractivity contribution >= 4 is 29.1 Å². The third kappa shape index (κ3) is 3.97. The highest BCUT2D eigenvalue weighted by atomic mass is 35.5. The van der Waals surface area contributed by atoms with Gasteiger partial charge in [0, 0.05) is 35.9 Å². The lowest BCUT2D eigenvalue weighted by molar-refractivity contribution is 0.0854. The first-order chi connectivity index (χ1) is 12.0. The van der Waals surface area contributed by atoms with E-state index >= 15 is 0 Å². The van der Waals surface area contributed by atoms with Gasteiger partial charge in [0.05, 0.1) is 5.02 Å². The first kappa shape index (κ1) is 18.2. The Balaban J connectivity index is 1.79. The summed E-state index contributed by atoms with van der Waals surface area (Å²) in [6.07, 6.45) is 2.29. The molecule has 0 bridgehead atoms. The van der Waals surface area contributed by atoms with E-state index in [4.69, 9.17) is 23.2 Å². The topological polar surface area (TPSA) is 75.4 Å². The number of hydrogen-bond donors (Lipinski definition) is 2. The summed E-state index contributed by atoms with van der Waals surface area (Å²) < 4.78 is 18.5. The molecular weight excluding hydrogens is 370 g/mol. The van der Waals surface area contributed by atoms with Crippen LogP contribution in [0.4, 0.5) is 4.39 Å². The molecule has 25 heavy (non-hydrogen) atoms. The minimum atomic E-state index is -0.504.